The van der Waals surface area contributed by atoms with Gasteiger partial charge < -0.3 is 5.73 Å². The van der Waals surface area contributed by atoms with Gasteiger partial charge in [-0.15, -0.1) is 0 Å². The van der Waals surface area contributed by atoms with Crippen molar-refractivity contribution in [3.63, 3.8) is 0 Å². The zero-order valence-corrected chi connectivity index (χ0v) is 9.84. The van der Waals surface area contributed by atoms with Crippen molar-refractivity contribution in [1.82, 2.24) is 0 Å². The molecule has 0 atom stereocenters. The Morgan fingerprint density at radius 2 is 1.47 bits per heavy atom. The van der Waals surface area contributed by atoms with Gasteiger partial charge in [-0.25, -0.2) is 0 Å². The van der Waals surface area contributed by atoms with E-state index in [4.69, 9.17) is 5.73 Å². The maximum atomic E-state index is 5.44. The van der Waals surface area contributed by atoms with Crippen molar-refractivity contribution in [2.45, 2.75) is 6.42 Å². The lowest BCUT2D eigenvalue weighted by molar-refractivity contribution is 1.01. The standard InChI is InChI=1S/C16H17N/c17-13-5-4-6-14-9-11-16(12-10-14)15-7-2-1-3-8-15/h1-4,6-12H,5,13,17H2/b6-4+. The number of hydrogen-bond donors (Lipinski definition) is 1. The van der Waals surface area contributed by atoms with Gasteiger partial charge >= 0.3 is 0 Å². The quantitative estimate of drug-likeness (QED) is 0.840. The van der Waals surface area contributed by atoms with E-state index in [1.165, 1.54) is 16.7 Å². The number of rotatable bonds is 4. The van der Waals surface area contributed by atoms with Crippen LogP contribution in [0.3, 0.4) is 0 Å². The SMILES string of the molecule is NCC/C=C/c1ccc(-c2ccccc2)cc1. The summed E-state index contributed by atoms with van der Waals surface area (Å²) in [5.41, 5.74) is 9.17. The number of hydrogen-bond acceptors (Lipinski definition) is 1. The van der Waals surface area contributed by atoms with Crippen LogP contribution in [0, 0.1) is 0 Å². The van der Waals surface area contributed by atoms with Gasteiger partial charge in [0, 0.05) is 0 Å². The fraction of sp³-hybridized carbons (Fsp3) is 0.125. The molecule has 86 valence electrons. The third kappa shape index (κ3) is 3.30. The first-order valence-electron chi connectivity index (χ1n) is 5.92. The average molecular weight is 223 g/mol. The Bertz CT molecular complexity index is 469. The van der Waals surface area contributed by atoms with Crippen molar-refractivity contribution in [1.29, 1.82) is 0 Å². The van der Waals surface area contributed by atoms with E-state index in [-0.39, 0.29) is 0 Å². The van der Waals surface area contributed by atoms with E-state index in [2.05, 4.69) is 60.7 Å². The van der Waals surface area contributed by atoms with Crippen LogP contribution in [-0.4, -0.2) is 6.54 Å². The fourth-order valence-electron chi connectivity index (χ4n) is 1.73. The predicted molar refractivity (Wildman–Crippen MR) is 74.6 cm³/mol. The summed E-state index contributed by atoms with van der Waals surface area (Å²) in [4.78, 5) is 0. The van der Waals surface area contributed by atoms with Gasteiger partial charge in [0.2, 0.25) is 0 Å². The molecular formula is C16H17N. The summed E-state index contributed by atoms with van der Waals surface area (Å²) in [5.74, 6) is 0. The summed E-state index contributed by atoms with van der Waals surface area (Å²) >= 11 is 0. The third-order valence-electron chi connectivity index (χ3n) is 2.66. The van der Waals surface area contributed by atoms with Crippen LogP contribution in [0.2, 0.25) is 0 Å². The van der Waals surface area contributed by atoms with Crippen LogP contribution < -0.4 is 5.73 Å². The van der Waals surface area contributed by atoms with Crippen LogP contribution in [-0.2, 0) is 0 Å². The second-order valence-electron chi connectivity index (χ2n) is 3.97. The lowest BCUT2D eigenvalue weighted by Crippen LogP contribution is -1.94. The van der Waals surface area contributed by atoms with Crippen LogP contribution in [0.4, 0.5) is 0 Å². The molecule has 0 radical (unpaired) electrons. The van der Waals surface area contributed by atoms with Crippen molar-refractivity contribution < 1.29 is 0 Å². The van der Waals surface area contributed by atoms with Gasteiger partial charge in [0.15, 0.2) is 0 Å². The second-order valence-corrected chi connectivity index (χ2v) is 3.97. The zero-order valence-electron chi connectivity index (χ0n) is 9.84. The minimum absolute atomic E-state index is 0.707. The monoisotopic (exact) mass is 223 g/mol. The Morgan fingerprint density at radius 1 is 0.824 bits per heavy atom. The molecule has 2 rings (SSSR count). The first kappa shape index (κ1) is 11.6. The van der Waals surface area contributed by atoms with E-state index in [0.717, 1.165) is 6.42 Å². The van der Waals surface area contributed by atoms with E-state index in [9.17, 15) is 0 Å². The minimum Gasteiger partial charge on any atom is -0.330 e. The molecule has 0 aliphatic carbocycles. The van der Waals surface area contributed by atoms with Crippen LogP contribution in [0.5, 0.6) is 0 Å². The van der Waals surface area contributed by atoms with Gasteiger partial charge in [0.25, 0.3) is 0 Å². The molecule has 0 aliphatic heterocycles. The molecule has 0 bridgehead atoms. The van der Waals surface area contributed by atoms with E-state index >= 15 is 0 Å². The van der Waals surface area contributed by atoms with Crippen LogP contribution >= 0.6 is 0 Å². The molecule has 0 aliphatic rings. The summed E-state index contributed by atoms with van der Waals surface area (Å²) in [6.45, 7) is 0.707. The van der Waals surface area contributed by atoms with E-state index in [0.29, 0.717) is 6.54 Å². The fourth-order valence-corrected chi connectivity index (χ4v) is 1.73. The highest BCUT2D eigenvalue weighted by Crippen LogP contribution is 2.19. The van der Waals surface area contributed by atoms with Gasteiger partial charge in [-0.05, 0) is 29.7 Å². The molecule has 2 N–H and O–H groups in total. The molecule has 0 saturated carbocycles. The largest absolute Gasteiger partial charge is 0.330 e. The Labute approximate surface area is 103 Å². The number of benzene rings is 2. The van der Waals surface area contributed by atoms with E-state index < -0.39 is 0 Å². The topological polar surface area (TPSA) is 26.0 Å². The molecular weight excluding hydrogens is 206 g/mol. The van der Waals surface area contributed by atoms with Crippen molar-refractivity contribution in [3.05, 3.63) is 66.2 Å². The third-order valence-corrected chi connectivity index (χ3v) is 2.66. The number of nitrogens with two attached hydrogens (primary N) is 1. The highest BCUT2D eigenvalue weighted by molar-refractivity contribution is 5.65. The van der Waals surface area contributed by atoms with Crippen molar-refractivity contribution in [2.24, 2.45) is 5.73 Å². The predicted octanol–water partition coefficient (Wildman–Crippen LogP) is 3.72. The van der Waals surface area contributed by atoms with Crippen molar-refractivity contribution in [2.75, 3.05) is 6.54 Å². The van der Waals surface area contributed by atoms with Crippen LogP contribution in [0.25, 0.3) is 17.2 Å². The molecule has 1 nitrogen and oxygen atoms in total. The van der Waals surface area contributed by atoms with Crippen LogP contribution in [0.15, 0.2) is 60.7 Å². The molecule has 0 heterocycles. The van der Waals surface area contributed by atoms with Gasteiger partial charge in [0.1, 0.15) is 0 Å². The molecule has 2 aromatic carbocycles. The highest BCUT2D eigenvalue weighted by Gasteiger charge is 1.95. The molecule has 0 unspecified atom stereocenters. The Morgan fingerprint density at radius 3 is 2.12 bits per heavy atom. The zero-order chi connectivity index (χ0) is 11.9. The van der Waals surface area contributed by atoms with E-state index in [1.807, 2.05) is 6.07 Å². The second kappa shape index (κ2) is 6.02. The Kier molecular flexibility index (Phi) is 4.11. The van der Waals surface area contributed by atoms with Gasteiger partial charge in [-0.3, -0.25) is 0 Å². The highest BCUT2D eigenvalue weighted by atomic mass is 14.5. The summed E-state index contributed by atoms with van der Waals surface area (Å²) < 4.78 is 0. The normalized spacial score (nSPS) is 10.9. The smallest absolute Gasteiger partial charge is 0.00425 e. The molecule has 2 aromatic rings. The maximum Gasteiger partial charge on any atom is -0.00425 e. The van der Waals surface area contributed by atoms with Gasteiger partial charge in [0.05, 0.1) is 0 Å². The minimum atomic E-state index is 0.707. The molecule has 0 aromatic heterocycles. The Balaban J connectivity index is 2.13. The maximum absolute atomic E-state index is 5.44. The van der Waals surface area contributed by atoms with Crippen LogP contribution in [0.1, 0.15) is 12.0 Å². The van der Waals surface area contributed by atoms with Gasteiger partial charge in [-0.1, -0.05) is 66.7 Å². The first-order valence-corrected chi connectivity index (χ1v) is 5.92. The molecule has 17 heavy (non-hydrogen) atoms. The molecule has 0 amide bonds. The summed E-state index contributed by atoms with van der Waals surface area (Å²) in [6.07, 6.45) is 5.15. The lowest BCUT2D eigenvalue weighted by Gasteiger charge is -2.01. The van der Waals surface area contributed by atoms with Gasteiger partial charge in [-0.2, -0.15) is 0 Å². The van der Waals surface area contributed by atoms with Crippen molar-refractivity contribution >= 4 is 6.08 Å². The van der Waals surface area contributed by atoms with E-state index in [1.54, 1.807) is 0 Å². The average Bonchev–Trinajstić information content (AvgIpc) is 2.41. The molecule has 0 spiro atoms. The molecule has 0 fully saturated rings. The molecule has 0 saturated heterocycles. The van der Waals surface area contributed by atoms with Crippen molar-refractivity contribution in [3.8, 4) is 11.1 Å². The molecule has 1 heteroatoms. The summed E-state index contributed by atoms with van der Waals surface area (Å²) in [6, 6.07) is 19.0. The first-order chi connectivity index (χ1) is 8.40. The summed E-state index contributed by atoms with van der Waals surface area (Å²) in [7, 11) is 0. The summed E-state index contributed by atoms with van der Waals surface area (Å²) in [5, 5.41) is 0. The lowest BCUT2D eigenvalue weighted by atomic mass is 10.0. The Hall–Kier alpha value is -1.86.